The fourth-order valence-electron chi connectivity index (χ4n) is 3.47. The molecule has 4 heteroatoms. The lowest BCUT2D eigenvalue weighted by Crippen LogP contribution is -3.00. The summed E-state index contributed by atoms with van der Waals surface area (Å²) in [7, 11) is 0. The largest absolute Gasteiger partial charge is 1.00 e. The Balaban J connectivity index is 0.00000576. The monoisotopic (exact) mass is 415 g/mol. The molecular weight excluding hydrogens is 378 g/mol. The molecule has 0 fully saturated rings. The predicted molar refractivity (Wildman–Crippen MR) is 102 cm³/mol. The van der Waals surface area contributed by atoms with E-state index in [1.165, 1.54) is 58.2 Å². The summed E-state index contributed by atoms with van der Waals surface area (Å²) in [5, 5.41) is 10.1. The van der Waals surface area contributed by atoms with Gasteiger partial charge in [-0.3, -0.25) is 4.48 Å². The Morgan fingerprint density at radius 3 is 1.76 bits per heavy atom. The highest BCUT2D eigenvalue weighted by molar-refractivity contribution is 5.37. The number of benzene rings is 1. The highest BCUT2D eigenvalue weighted by Gasteiger charge is 2.36. The van der Waals surface area contributed by atoms with Crippen molar-refractivity contribution in [3.63, 3.8) is 0 Å². The van der Waals surface area contributed by atoms with Crippen molar-refractivity contribution in [1.29, 1.82) is 0 Å². The van der Waals surface area contributed by atoms with Crippen LogP contribution in [0.25, 0.3) is 0 Å². The molecule has 3 nitrogen and oxygen atoms in total. The van der Waals surface area contributed by atoms with Crippen LogP contribution in [-0.2, 0) is 0 Å². The summed E-state index contributed by atoms with van der Waals surface area (Å²) < 4.78 is 7.40. The molecule has 0 amide bonds. The molecular formula is C21H38BrNO2. The number of hydrogen-bond acceptors (Lipinski definition) is 2. The van der Waals surface area contributed by atoms with Gasteiger partial charge in [0.2, 0.25) is 6.23 Å². The summed E-state index contributed by atoms with van der Waals surface area (Å²) in [6.45, 7) is 12.5. The molecule has 146 valence electrons. The predicted octanol–water partition coefficient (Wildman–Crippen LogP) is 2.73. The number of nitrogens with zero attached hydrogens (tertiary/aromatic N) is 1. The fourth-order valence-corrected chi connectivity index (χ4v) is 3.47. The summed E-state index contributed by atoms with van der Waals surface area (Å²) in [4.78, 5) is 0. The lowest BCUT2D eigenvalue weighted by Gasteiger charge is -2.44. The first-order valence-electron chi connectivity index (χ1n) is 9.93. The van der Waals surface area contributed by atoms with E-state index in [9.17, 15) is 5.11 Å². The van der Waals surface area contributed by atoms with E-state index in [4.69, 9.17) is 4.74 Å². The third kappa shape index (κ3) is 7.57. The van der Waals surface area contributed by atoms with Crippen molar-refractivity contribution >= 4 is 0 Å². The summed E-state index contributed by atoms with van der Waals surface area (Å²) in [5.41, 5.74) is 0. The molecule has 1 atom stereocenters. The van der Waals surface area contributed by atoms with Crippen molar-refractivity contribution in [3.05, 3.63) is 24.3 Å². The van der Waals surface area contributed by atoms with E-state index in [2.05, 4.69) is 27.7 Å². The average Bonchev–Trinajstić information content (AvgIpc) is 2.61. The van der Waals surface area contributed by atoms with Crippen LogP contribution in [0.1, 0.15) is 72.6 Å². The smallest absolute Gasteiger partial charge is 0.233 e. The number of halogens is 1. The van der Waals surface area contributed by atoms with Crippen LogP contribution in [0.3, 0.4) is 0 Å². The first kappa shape index (κ1) is 24.3. The maximum absolute atomic E-state index is 10.1. The molecule has 0 saturated carbocycles. The maximum atomic E-state index is 10.1. The van der Waals surface area contributed by atoms with Gasteiger partial charge in [0.25, 0.3) is 0 Å². The number of hydrogen-bond donors (Lipinski definition) is 1. The third-order valence-electron chi connectivity index (χ3n) is 4.96. The molecule has 25 heavy (non-hydrogen) atoms. The Labute approximate surface area is 165 Å². The summed E-state index contributed by atoms with van der Waals surface area (Å²) in [5.74, 6) is 0.867. The van der Waals surface area contributed by atoms with Crippen molar-refractivity contribution < 1.29 is 31.3 Å². The summed E-state index contributed by atoms with van der Waals surface area (Å²) >= 11 is 0. The minimum Gasteiger partial charge on any atom is -1.00 e. The van der Waals surface area contributed by atoms with E-state index < -0.39 is 0 Å². The molecule has 1 aromatic carbocycles. The minimum atomic E-state index is 0. The Hall–Kier alpha value is -0.740. The zero-order chi connectivity index (χ0) is 17.8. The zero-order valence-corrected chi connectivity index (χ0v) is 18.2. The second-order valence-electron chi connectivity index (χ2n) is 6.90. The Morgan fingerprint density at radius 1 is 0.880 bits per heavy atom. The van der Waals surface area contributed by atoms with E-state index in [0.717, 1.165) is 10.9 Å². The van der Waals surface area contributed by atoms with Crippen molar-refractivity contribution in [2.75, 3.05) is 19.6 Å². The average molecular weight is 416 g/mol. The highest BCUT2D eigenvalue weighted by atomic mass is 79.9. The normalized spacial score (nSPS) is 12.5. The van der Waals surface area contributed by atoms with Gasteiger partial charge < -0.3 is 26.8 Å². The highest BCUT2D eigenvalue weighted by Crippen LogP contribution is 2.30. The topological polar surface area (TPSA) is 29.5 Å². The van der Waals surface area contributed by atoms with Crippen LogP contribution in [0, 0.1) is 0 Å². The lowest BCUT2D eigenvalue weighted by molar-refractivity contribution is -0.968. The SMILES string of the molecule is CCCC[N+](CCCC)(CCCC)C(CC)Oc1ccccc1O.[Br-]. The van der Waals surface area contributed by atoms with Crippen LogP contribution in [0.5, 0.6) is 11.5 Å². The van der Waals surface area contributed by atoms with Gasteiger partial charge in [-0.15, -0.1) is 0 Å². The standard InChI is InChI=1S/C21H37NO2.BrH/c1-5-9-16-22(17-10-6-2,18-11-7-3)21(8-4)24-20-15-13-12-14-19(20)23;/h12-15,21H,5-11,16-18H2,1-4H3;1H. The van der Waals surface area contributed by atoms with E-state index in [0.29, 0.717) is 5.75 Å². The van der Waals surface area contributed by atoms with Gasteiger partial charge in [0.15, 0.2) is 11.5 Å². The molecule has 0 radical (unpaired) electrons. The summed E-state index contributed by atoms with van der Waals surface area (Å²) in [6, 6.07) is 7.37. The van der Waals surface area contributed by atoms with Crippen LogP contribution in [0.15, 0.2) is 24.3 Å². The minimum absolute atomic E-state index is 0. The number of phenolic OH excluding ortho intramolecular Hbond substituents is 1. The molecule has 1 unspecified atom stereocenters. The van der Waals surface area contributed by atoms with E-state index in [1.54, 1.807) is 6.07 Å². The fraction of sp³-hybridized carbons (Fsp3) is 0.714. The Bertz CT molecular complexity index is 432. The first-order chi connectivity index (χ1) is 11.6. The quantitative estimate of drug-likeness (QED) is 0.396. The molecule has 0 bridgehead atoms. The third-order valence-corrected chi connectivity index (χ3v) is 4.96. The lowest BCUT2D eigenvalue weighted by atomic mass is 10.1. The second-order valence-corrected chi connectivity index (χ2v) is 6.90. The van der Waals surface area contributed by atoms with Crippen LogP contribution < -0.4 is 21.7 Å². The Kier molecular flexibility index (Phi) is 13.1. The molecule has 1 aromatic rings. The number of unbranched alkanes of at least 4 members (excludes halogenated alkanes) is 3. The van der Waals surface area contributed by atoms with Gasteiger partial charge in [0.05, 0.1) is 19.6 Å². The van der Waals surface area contributed by atoms with Crippen molar-refractivity contribution in [3.8, 4) is 11.5 Å². The molecule has 0 heterocycles. The molecule has 0 aliphatic rings. The number of aromatic hydroxyl groups is 1. The van der Waals surface area contributed by atoms with Gasteiger partial charge >= 0.3 is 0 Å². The second kappa shape index (κ2) is 13.5. The van der Waals surface area contributed by atoms with Crippen LogP contribution in [-0.4, -0.2) is 35.5 Å². The maximum Gasteiger partial charge on any atom is 0.233 e. The van der Waals surface area contributed by atoms with Crippen LogP contribution in [0.4, 0.5) is 0 Å². The molecule has 0 spiro atoms. The number of rotatable bonds is 13. The van der Waals surface area contributed by atoms with Crippen LogP contribution in [0.2, 0.25) is 0 Å². The molecule has 1 N–H and O–H groups in total. The first-order valence-corrected chi connectivity index (χ1v) is 9.93. The molecule has 0 saturated heterocycles. The Morgan fingerprint density at radius 2 is 1.36 bits per heavy atom. The molecule has 1 rings (SSSR count). The molecule has 0 aliphatic carbocycles. The van der Waals surface area contributed by atoms with Crippen molar-refractivity contribution in [2.45, 2.75) is 78.9 Å². The van der Waals surface area contributed by atoms with E-state index in [-0.39, 0.29) is 29.0 Å². The van der Waals surface area contributed by atoms with Crippen molar-refractivity contribution in [2.24, 2.45) is 0 Å². The molecule has 0 aromatic heterocycles. The van der Waals surface area contributed by atoms with Gasteiger partial charge in [-0.1, -0.05) is 59.1 Å². The van der Waals surface area contributed by atoms with Gasteiger partial charge in [0.1, 0.15) is 0 Å². The molecule has 0 aliphatic heterocycles. The number of ether oxygens (including phenoxy) is 1. The number of phenols is 1. The number of para-hydroxylation sites is 2. The van der Waals surface area contributed by atoms with Crippen LogP contribution >= 0.6 is 0 Å². The van der Waals surface area contributed by atoms with Gasteiger partial charge in [0, 0.05) is 6.42 Å². The van der Waals surface area contributed by atoms with Gasteiger partial charge in [-0.2, -0.15) is 0 Å². The summed E-state index contributed by atoms with van der Waals surface area (Å²) in [6.07, 6.45) is 8.41. The van der Waals surface area contributed by atoms with E-state index >= 15 is 0 Å². The van der Waals surface area contributed by atoms with Gasteiger partial charge in [-0.25, -0.2) is 0 Å². The van der Waals surface area contributed by atoms with Crippen molar-refractivity contribution in [1.82, 2.24) is 0 Å². The zero-order valence-electron chi connectivity index (χ0n) is 16.6. The van der Waals surface area contributed by atoms with E-state index in [1.807, 2.05) is 18.2 Å². The van der Waals surface area contributed by atoms with Gasteiger partial charge in [-0.05, 0) is 31.4 Å². The number of quaternary nitrogens is 1.